The predicted molar refractivity (Wildman–Crippen MR) is 58.6 cm³/mol. The summed E-state index contributed by atoms with van der Waals surface area (Å²) < 4.78 is 0. The van der Waals surface area contributed by atoms with Crippen molar-refractivity contribution >= 4 is 11.7 Å². The van der Waals surface area contributed by atoms with Gasteiger partial charge >= 0.3 is 0 Å². The molecule has 1 fully saturated rings. The molecule has 1 atom stereocenters. The number of aromatic nitrogens is 1. The van der Waals surface area contributed by atoms with Gasteiger partial charge in [0.1, 0.15) is 5.82 Å². The van der Waals surface area contributed by atoms with E-state index in [0.29, 0.717) is 5.82 Å². The fraction of sp³-hybridized carbons (Fsp3) is 0.455. The van der Waals surface area contributed by atoms with Crippen LogP contribution in [-0.2, 0) is 4.79 Å². The Morgan fingerprint density at radius 3 is 3.20 bits per heavy atom. The Balaban J connectivity index is 2.02. The van der Waals surface area contributed by atoms with Crippen LogP contribution in [0.4, 0.5) is 5.82 Å². The van der Waals surface area contributed by atoms with Gasteiger partial charge in [0.2, 0.25) is 5.91 Å². The van der Waals surface area contributed by atoms with Gasteiger partial charge < -0.3 is 10.6 Å². The third-order valence-electron chi connectivity index (χ3n) is 2.63. The van der Waals surface area contributed by atoms with Crippen molar-refractivity contribution < 1.29 is 4.79 Å². The first-order valence-corrected chi connectivity index (χ1v) is 5.23. The first-order chi connectivity index (χ1) is 7.27. The Bertz CT molecular complexity index is 359. The second-order valence-electron chi connectivity index (χ2n) is 3.81. The molecule has 0 unspecified atom stereocenters. The molecule has 0 saturated carbocycles. The zero-order chi connectivity index (χ0) is 10.7. The minimum absolute atomic E-state index is 0.0225. The molecule has 80 valence electrons. The highest BCUT2D eigenvalue weighted by atomic mass is 16.2. The molecule has 0 radical (unpaired) electrons. The van der Waals surface area contributed by atoms with Crippen LogP contribution < -0.4 is 10.6 Å². The molecule has 1 aromatic heterocycles. The Labute approximate surface area is 89.1 Å². The van der Waals surface area contributed by atoms with Gasteiger partial charge in [0.25, 0.3) is 0 Å². The highest BCUT2D eigenvalue weighted by Crippen LogP contribution is 2.12. The first-order valence-electron chi connectivity index (χ1n) is 5.23. The van der Waals surface area contributed by atoms with Crippen LogP contribution in [0, 0.1) is 6.92 Å². The summed E-state index contributed by atoms with van der Waals surface area (Å²) in [6, 6.07) is 3.75. The number of hydrogen-bond acceptors (Lipinski definition) is 3. The number of carbonyl (C=O) groups is 1. The molecule has 0 bridgehead atoms. The van der Waals surface area contributed by atoms with Gasteiger partial charge in [-0.05, 0) is 37.9 Å². The Hall–Kier alpha value is -1.42. The highest BCUT2D eigenvalue weighted by molar-refractivity contribution is 5.94. The van der Waals surface area contributed by atoms with Gasteiger partial charge in [0, 0.05) is 6.20 Å². The third-order valence-corrected chi connectivity index (χ3v) is 2.63. The van der Waals surface area contributed by atoms with Crippen LogP contribution in [0.1, 0.15) is 18.4 Å². The number of nitrogens with one attached hydrogen (secondary N) is 2. The number of nitrogens with zero attached hydrogens (tertiary/aromatic N) is 1. The lowest BCUT2D eigenvalue weighted by molar-refractivity contribution is -0.117. The molecule has 0 spiro atoms. The highest BCUT2D eigenvalue weighted by Gasteiger charge is 2.22. The number of carbonyl (C=O) groups excluding carboxylic acids is 1. The van der Waals surface area contributed by atoms with Gasteiger partial charge in [0.05, 0.1) is 6.04 Å². The summed E-state index contributed by atoms with van der Waals surface area (Å²) in [7, 11) is 0. The van der Waals surface area contributed by atoms with E-state index >= 15 is 0 Å². The SMILES string of the molecule is Cc1cccnc1NC(=O)[C@@H]1CCCN1. The monoisotopic (exact) mass is 205 g/mol. The smallest absolute Gasteiger partial charge is 0.242 e. The van der Waals surface area contributed by atoms with Crippen molar-refractivity contribution in [1.82, 2.24) is 10.3 Å². The van der Waals surface area contributed by atoms with Gasteiger partial charge in [-0.25, -0.2) is 4.98 Å². The van der Waals surface area contributed by atoms with Crippen LogP contribution in [0.3, 0.4) is 0 Å². The zero-order valence-corrected chi connectivity index (χ0v) is 8.79. The summed E-state index contributed by atoms with van der Waals surface area (Å²) in [5.41, 5.74) is 0.990. The van der Waals surface area contributed by atoms with E-state index in [-0.39, 0.29) is 11.9 Å². The van der Waals surface area contributed by atoms with Gasteiger partial charge in [0.15, 0.2) is 0 Å². The van der Waals surface area contributed by atoms with Crippen molar-refractivity contribution in [2.45, 2.75) is 25.8 Å². The summed E-state index contributed by atoms with van der Waals surface area (Å²) in [5, 5.41) is 6.00. The molecule has 1 aromatic rings. The molecule has 0 aliphatic carbocycles. The zero-order valence-electron chi connectivity index (χ0n) is 8.79. The fourth-order valence-corrected chi connectivity index (χ4v) is 1.73. The lowest BCUT2D eigenvalue weighted by Crippen LogP contribution is -2.35. The molecule has 4 nitrogen and oxygen atoms in total. The Morgan fingerprint density at radius 2 is 2.53 bits per heavy atom. The normalized spacial score (nSPS) is 20.2. The maximum atomic E-state index is 11.8. The second-order valence-corrected chi connectivity index (χ2v) is 3.81. The van der Waals surface area contributed by atoms with Crippen molar-refractivity contribution in [3.05, 3.63) is 23.9 Å². The van der Waals surface area contributed by atoms with Crippen molar-refractivity contribution in [3.63, 3.8) is 0 Å². The van der Waals surface area contributed by atoms with Crippen molar-refractivity contribution in [1.29, 1.82) is 0 Å². The van der Waals surface area contributed by atoms with E-state index < -0.39 is 0 Å². The van der Waals surface area contributed by atoms with E-state index in [0.717, 1.165) is 24.9 Å². The van der Waals surface area contributed by atoms with Crippen LogP contribution in [0.5, 0.6) is 0 Å². The van der Waals surface area contributed by atoms with Crippen molar-refractivity contribution in [2.24, 2.45) is 0 Å². The van der Waals surface area contributed by atoms with E-state index in [1.807, 2.05) is 19.1 Å². The molecule has 0 aromatic carbocycles. The summed E-state index contributed by atoms with van der Waals surface area (Å²) in [4.78, 5) is 15.9. The largest absolute Gasteiger partial charge is 0.309 e. The van der Waals surface area contributed by atoms with Crippen LogP contribution in [0.2, 0.25) is 0 Å². The van der Waals surface area contributed by atoms with E-state index in [2.05, 4.69) is 15.6 Å². The van der Waals surface area contributed by atoms with E-state index in [1.165, 1.54) is 0 Å². The van der Waals surface area contributed by atoms with Crippen molar-refractivity contribution in [3.8, 4) is 0 Å². The first kappa shape index (κ1) is 10.1. The molecule has 2 N–H and O–H groups in total. The molecule has 4 heteroatoms. The Morgan fingerprint density at radius 1 is 1.67 bits per heavy atom. The molecular formula is C11H15N3O. The summed E-state index contributed by atoms with van der Waals surface area (Å²) in [6.07, 6.45) is 3.67. The van der Waals surface area contributed by atoms with Gasteiger partial charge in [-0.1, -0.05) is 6.07 Å². The summed E-state index contributed by atoms with van der Waals surface area (Å²) >= 11 is 0. The maximum Gasteiger partial charge on any atom is 0.242 e. The van der Waals surface area contributed by atoms with E-state index in [9.17, 15) is 4.79 Å². The molecule has 1 aliphatic heterocycles. The molecule has 1 saturated heterocycles. The summed E-state index contributed by atoms with van der Waals surface area (Å²) in [6.45, 7) is 2.87. The molecular weight excluding hydrogens is 190 g/mol. The standard InChI is InChI=1S/C11H15N3O/c1-8-4-2-7-13-10(8)14-11(15)9-5-3-6-12-9/h2,4,7,9,12H,3,5-6H2,1H3,(H,13,14,15)/t9-/m0/s1. The van der Waals surface area contributed by atoms with Crippen molar-refractivity contribution in [2.75, 3.05) is 11.9 Å². The average Bonchev–Trinajstić information content (AvgIpc) is 2.74. The molecule has 1 aliphatic rings. The van der Waals surface area contributed by atoms with Gasteiger partial charge in [-0.2, -0.15) is 0 Å². The quantitative estimate of drug-likeness (QED) is 0.759. The minimum atomic E-state index is -0.0496. The molecule has 2 heterocycles. The number of hydrogen-bond donors (Lipinski definition) is 2. The lowest BCUT2D eigenvalue weighted by atomic mass is 10.2. The second kappa shape index (κ2) is 4.40. The number of rotatable bonds is 2. The topological polar surface area (TPSA) is 54.0 Å². The van der Waals surface area contributed by atoms with Gasteiger partial charge in [-0.15, -0.1) is 0 Å². The van der Waals surface area contributed by atoms with Crippen LogP contribution in [0.15, 0.2) is 18.3 Å². The minimum Gasteiger partial charge on any atom is -0.309 e. The van der Waals surface area contributed by atoms with E-state index in [1.54, 1.807) is 6.20 Å². The maximum absolute atomic E-state index is 11.8. The van der Waals surface area contributed by atoms with Crippen LogP contribution in [0.25, 0.3) is 0 Å². The third kappa shape index (κ3) is 2.33. The van der Waals surface area contributed by atoms with E-state index in [4.69, 9.17) is 0 Å². The van der Waals surface area contributed by atoms with Gasteiger partial charge in [-0.3, -0.25) is 4.79 Å². The lowest BCUT2D eigenvalue weighted by Gasteiger charge is -2.11. The molecule has 1 amide bonds. The fourth-order valence-electron chi connectivity index (χ4n) is 1.73. The number of aryl methyl sites for hydroxylation is 1. The average molecular weight is 205 g/mol. The predicted octanol–water partition coefficient (Wildman–Crippen LogP) is 1.08. The van der Waals surface area contributed by atoms with Crippen LogP contribution in [-0.4, -0.2) is 23.5 Å². The number of amides is 1. The summed E-state index contributed by atoms with van der Waals surface area (Å²) in [5.74, 6) is 0.686. The molecule has 15 heavy (non-hydrogen) atoms. The Kier molecular flexibility index (Phi) is 2.97. The molecule has 2 rings (SSSR count). The van der Waals surface area contributed by atoms with Crippen LogP contribution >= 0.6 is 0 Å². The number of anilines is 1. The number of pyridine rings is 1.